The molecule has 0 fully saturated rings. The Kier molecular flexibility index (Phi) is 6.58. The molecule has 0 aliphatic carbocycles. The molecule has 0 aliphatic rings. The summed E-state index contributed by atoms with van der Waals surface area (Å²) in [5.74, 6) is -0.275. The van der Waals surface area contributed by atoms with E-state index in [0.717, 1.165) is 12.0 Å². The molecule has 0 aromatic heterocycles. The number of rotatable bonds is 7. The first kappa shape index (κ1) is 20.5. The Morgan fingerprint density at radius 2 is 1.41 bits per heavy atom. The normalized spacial score (nSPS) is 11.0. The quantitative estimate of drug-likeness (QED) is 0.746. The molecule has 1 N–H and O–H groups in total. The molecule has 0 heterocycles. The van der Waals surface area contributed by atoms with E-state index in [1.807, 2.05) is 12.1 Å². The van der Waals surface area contributed by atoms with Gasteiger partial charge in [0.25, 0.3) is 0 Å². The maximum atomic E-state index is 11.8. The van der Waals surface area contributed by atoms with E-state index in [9.17, 15) is 14.7 Å². The lowest BCUT2D eigenvalue weighted by Crippen LogP contribution is -2.19. The van der Waals surface area contributed by atoms with E-state index in [1.54, 1.807) is 26.0 Å². The smallest absolute Gasteiger partial charge is 0.338 e. The third kappa shape index (κ3) is 6.11. The van der Waals surface area contributed by atoms with Crippen LogP contribution in [-0.2, 0) is 15.9 Å². The van der Waals surface area contributed by atoms with Crippen molar-refractivity contribution < 1.29 is 28.9 Å². The second-order valence-corrected chi connectivity index (χ2v) is 6.79. The number of hydrogen-bond acceptors (Lipinski definition) is 6. The fraction of sp³-hybridized carbons (Fsp3) is 0.333. The van der Waals surface area contributed by atoms with E-state index in [2.05, 4.69) is 0 Å². The lowest BCUT2D eigenvalue weighted by atomic mass is 9.99. The second-order valence-electron chi connectivity index (χ2n) is 6.79. The zero-order chi connectivity index (χ0) is 20.0. The van der Waals surface area contributed by atoms with Crippen LogP contribution in [0.1, 0.15) is 46.5 Å². The molecular formula is C21H24O6. The van der Waals surface area contributed by atoms with Crippen molar-refractivity contribution in [3.63, 3.8) is 0 Å². The summed E-state index contributed by atoms with van der Waals surface area (Å²) < 4.78 is 15.2. The van der Waals surface area contributed by atoms with Crippen molar-refractivity contribution in [3.05, 3.63) is 59.2 Å². The molecule has 0 saturated carbocycles. The van der Waals surface area contributed by atoms with Gasteiger partial charge in [0.15, 0.2) is 0 Å². The fourth-order valence-corrected chi connectivity index (χ4v) is 2.44. The first-order valence-electron chi connectivity index (χ1n) is 8.53. The van der Waals surface area contributed by atoms with E-state index in [1.165, 1.54) is 32.4 Å². The van der Waals surface area contributed by atoms with Gasteiger partial charge >= 0.3 is 11.9 Å². The summed E-state index contributed by atoms with van der Waals surface area (Å²) in [5.41, 5.74) is 0.741. The van der Waals surface area contributed by atoms with Crippen LogP contribution in [0.25, 0.3) is 0 Å². The minimum absolute atomic E-state index is 0.192. The summed E-state index contributed by atoms with van der Waals surface area (Å²) in [6.45, 7) is 3.55. The summed E-state index contributed by atoms with van der Waals surface area (Å²) in [6, 6.07) is 11.8. The average molecular weight is 372 g/mol. The maximum Gasteiger partial charge on any atom is 0.338 e. The Hall–Kier alpha value is -2.86. The van der Waals surface area contributed by atoms with Crippen LogP contribution in [0.5, 0.6) is 11.5 Å². The monoisotopic (exact) mass is 372 g/mol. The van der Waals surface area contributed by atoms with Crippen LogP contribution in [0.2, 0.25) is 0 Å². The van der Waals surface area contributed by atoms with E-state index >= 15 is 0 Å². The van der Waals surface area contributed by atoms with Gasteiger partial charge in [-0.05, 0) is 62.6 Å². The summed E-state index contributed by atoms with van der Waals surface area (Å²) in [7, 11) is 2.53. The van der Waals surface area contributed by atoms with E-state index in [4.69, 9.17) is 14.2 Å². The Morgan fingerprint density at radius 1 is 0.889 bits per heavy atom. The lowest BCUT2D eigenvalue weighted by molar-refractivity contribution is 0.0597. The number of ether oxygens (including phenoxy) is 3. The van der Waals surface area contributed by atoms with Crippen LogP contribution >= 0.6 is 0 Å². The average Bonchev–Trinajstić information content (AvgIpc) is 2.65. The molecule has 2 aromatic carbocycles. The highest BCUT2D eigenvalue weighted by molar-refractivity contribution is 5.96. The molecule has 144 valence electrons. The van der Waals surface area contributed by atoms with Crippen molar-refractivity contribution in [3.8, 4) is 11.5 Å². The molecule has 0 unspecified atom stereocenters. The number of methoxy groups -OCH3 is 2. The van der Waals surface area contributed by atoms with Gasteiger partial charge in [-0.2, -0.15) is 0 Å². The van der Waals surface area contributed by atoms with Gasteiger partial charge in [-0.15, -0.1) is 0 Å². The molecule has 27 heavy (non-hydrogen) atoms. The van der Waals surface area contributed by atoms with E-state index in [0.29, 0.717) is 17.9 Å². The third-order valence-corrected chi connectivity index (χ3v) is 3.93. The van der Waals surface area contributed by atoms with Crippen LogP contribution in [0.4, 0.5) is 0 Å². The Balaban J connectivity index is 2.20. The summed E-state index contributed by atoms with van der Waals surface area (Å²) in [5, 5.41) is 9.81. The molecule has 6 heteroatoms. The fourth-order valence-electron chi connectivity index (χ4n) is 2.44. The van der Waals surface area contributed by atoms with E-state index < -0.39 is 17.5 Å². The molecule has 0 saturated heterocycles. The van der Waals surface area contributed by atoms with Gasteiger partial charge in [0.2, 0.25) is 0 Å². The van der Waals surface area contributed by atoms with Gasteiger partial charge in [-0.1, -0.05) is 12.1 Å². The van der Waals surface area contributed by atoms with Gasteiger partial charge in [0.05, 0.1) is 30.9 Å². The van der Waals surface area contributed by atoms with Crippen LogP contribution in [0.15, 0.2) is 42.5 Å². The third-order valence-electron chi connectivity index (χ3n) is 3.93. The zero-order valence-corrected chi connectivity index (χ0v) is 15.9. The minimum Gasteiger partial charge on any atom is -0.465 e. The predicted molar refractivity (Wildman–Crippen MR) is 100 cm³/mol. The van der Waals surface area contributed by atoms with Crippen LogP contribution in [-0.4, -0.2) is 36.9 Å². The number of benzene rings is 2. The summed E-state index contributed by atoms with van der Waals surface area (Å²) in [6.07, 6.45) is 1.39. The summed E-state index contributed by atoms with van der Waals surface area (Å²) >= 11 is 0. The summed E-state index contributed by atoms with van der Waals surface area (Å²) in [4.78, 5) is 23.7. The molecular weight excluding hydrogens is 348 g/mol. The molecule has 0 spiro atoms. The first-order chi connectivity index (χ1) is 12.7. The minimum atomic E-state index is -0.714. The number of aliphatic hydroxyl groups is 1. The Morgan fingerprint density at radius 3 is 1.85 bits per heavy atom. The number of esters is 2. The number of aryl methyl sites for hydroxylation is 1. The van der Waals surface area contributed by atoms with Crippen molar-refractivity contribution in [2.75, 3.05) is 14.2 Å². The number of carbonyl (C=O) groups is 2. The second kappa shape index (κ2) is 8.68. The van der Waals surface area contributed by atoms with Gasteiger partial charge in [0.1, 0.15) is 11.5 Å². The van der Waals surface area contributed by atoms with Crippen molar-refractivity contribution in [1.29, 1.82) is 0 Å². The van der Waals surface area contributed by atoms with Crippen LogP contribution in [0, 0.1) is 0 Å². The van der Waals surface area contributed by atoms with Gasteiger partial charge in [0, 0.05) is 0 Å². The molecule has 0 bridgehead atoms. The van der Waals surface area contributed by atoms with Crippen molar-refractivity contribution in [1.82, 2.24) is 0 Å². The highest BCUT2D eigenvalue weighted by Crippen LogP contribution is 2.26. The molecule has 2 aromatic rings. The van der Waals surface area contributed by atoms with Crippen molar-refractivity contribution >= 4 is 11.9 Å². The molecule has 2 rings (SSSR count). The zero-order valence-electron chi connectivity index (χ0n) is 15.9. The van der Waals surface area contributed by atoms with E-state index in [-0.39, 0.29) is 11.1 Å². The van der Waals surface area contributed by atoms with Crippen LogP contribution in [0.3, 0.4) is 0 Å². The Labute approximate surface area is 158 Å². The topological polar surface area (TPSA) is 82.1 Å². The van der Waals surface area contributed by atoms with Crippen molar-refractivity contribution in [2.45, 2.75) is 32.3 Å². The lowest BCUT2D eigenvalue weighted by Gasteiger charge is -2.16. The van der Waals surface area contributed by atoms with Gasteiger partial charge < -0.3 is 19.3 Å². The first-order valence-corrected chi connectivity index (χ1v) is 8.53. The van der Waals surface area contributed by atoms with Crippen LogP contribution < -0.4 is 4.74 Å². The Bertz CT molecular complexity index is 768. The molecule has 0 atom stereocenters. The standard InChI is InChI=1S/C21H24O6/c1-21(2,24)10-9-14-5-7-17(8-6-14)27-18-12-15(19(22)25-3)11-16(13-18)20(23)26-4/h5-8,11-13,24H,9-10H2,1-4H3. The van der Waals surface area contributed by atoms with Crippen molar-refractivity contribution in [2.24, 2.45) is 0 Å². The SMILES string of the molecule is COC(=O)c1cc(Oc2ccc(CCC(C)(C)O)cc2)cc(C(=O)OC)c1. The molecule has 0 radical (unpaired) electrons. The molecule has 6 nitrogen and oxygen atoms in total. The number of hydrogen-bond donors (Lipinski definition) is 1. The highest BCUT2D eigenvalue weighted by Gasteiger charge is 2.15. The number of carbonyl (C=O) groups excluding carboxylic acids is 2. The largest absolute Gasteiger partial charge is 0.465 e. The molecule has 0 aliphatic heterocycles. The van der Waals surface area contributed by atoms with Gasteiger partial charge in [-0.25, -0.2) is 9.59 Å². The molecule has 0 amide bonds. The predicted octanol–water partition coefficient (Wildman–Crippen LogP) is 3.76. The highest BCUT2D eigenvalue weighted by atomic mass is 16.5. The maximum absolute atomic E-state index is 11.8. The van der Waals surface area contributed by atoms with Gasteiger partial charge in [-0.3, -0.25) is 0 Å².